The van der Waals surface area contributed by atoms with Crippen molar-refractivity contribution in [2.75, 3.05) is 18.8 Å². The maximum atomic E-state index is 13.3. The molecule has 3 rings (SSSR count). The van der Waals surface area contributed by atoms with Gasteiger partial charge in [0, 0.05) is 24.5 Å². The second-order valence-corrected chi connectivity index (χ2v) is 9.32. The summed E-state index contributed by atoms with van der Waals surface area (Å²) < 4.78 is 1.64. The Morgan fingerprint density at radius 2 is 2.03 bits per heavy atom. The number of hydrogen-bond acceptors (Lipinski definition) is 5. The van der Waals surface area contributed by atoms with Crippen LogP contribution in [-0.2, 0) is 24.2 Å². The van der Waals surface area contributed by atoms with Crippen LogP contribution in [0.4, 0.5) is 0 Å². The Morgan fingerprint density at radius 3 is 2.69 bits per heavy atom. The van der Waals surface area contributed by atoms with Crippen molar-refractivity contribution in [1.82, 2.24) is 14.5 Å². The number of allylic oxidation sites excluding steroid dienone is 1. The van der Waals surface area contributed by atoms with Gasteiger partial charge >= 0.3 is 0 Å². The fraction of sp³-hybridized carbons (Fsp3) is 0.409. The van der Waals surface area contributed by atoms with Gasteiger partial charge in [0.25, 0.3) is 5.56 Å². The number of fused-ring (bicyclic) bond motifs is 3. The summed E-state index contributed by atoms with van der Waals surface area (Å²) in [7, 11) is 0. The summed E-state index contributed by atoms with van der Waals surface area (Å²) in [5.41, 5.74) is 1.15. The van der Waals surface area contributed by atoms with Gasteiger partial charge in [-0.05, 0) is 30.7 Å². The fourth-order valence-electron chi connectivity index (χ4n) is 3.61. The first-order valence-corrected chi connectivity index (χ1v) is 11.6. The molecule has 0 saturated heterocycles. The summed E-state index contributed by atoms with van der Waals surface area (Å²) in [6.45, 7) is 14.7. The van der Waals surface area contributed by atoms with Crippen LogP contribution in [0.5, 0.6) is 0 Å². The fourth-order valence-corrected chi connectivity index (χ4v) is 5.95. The standard InChI is InChI=1S/C22H27N3O2S2/c1-5-10-24(11-6-2)18(26)14-28-22-23-20-19(21(27)25(22)12-7-3)16-9-8-15(4)13-17(16)29-20/h5-7,15H,1-3,8-14H2,4H3. The normalized spacial score (nSPS) is 15.7. The highest BCUT2D eigenvalue weighted by Crippen LogP contribution is 2.36. The number of rotatable bonds is 9. The molecule has 2 heterocycles. The van der Waals surface area contributed by atoms with Crippen molar-refractivity contribution in [2.45, 2.75) is 37.9 Å². The van der Waals surface area contributed by atoms with E-state index >= 15 is 0 Å². The first kappa shape index (κ1) is 21.6. The maximum absolute atomic E-state index is 13.3. The molecule has 1 aliphatic carbocycles. The van der Waals surface area contributed by atoms with Crippen LogP contribution in [0.1, 0.15) is 23.8 Å². The van der Waals surface area contributed by atoms with E-state index in [1.165, 1.54) is 22.2 Å². The minimum absolute atomic E-state index is 0.0223. The summed E-state index contributed by atoms with van der Waals surface area (Å²) in [5.74, 6) is 0.811. The Bertz CT molecular complexity index is 996. The van der Waals surface area contributed by atoms with Crippen molar-refractivity contribution in [3.05, 3.63) is 58.8 Å². The SMILES string of the molecule is C=CCN(CC=C)C(=O)CSc1nc2sc3c(c2c(=O)n1CC=C)CCC(C)C3. The second-order valence-electron chi connectivity index (χ2n) is 7.30. The molecular formula is C22H27N3O2S2. The highest BCUT2D eigenvalue weighted by atomic mass is 32.2. The molecule has 2 aromatic rings. The number of carbonyl (C=O) groups excluding carboxylic acids is 1. The van der Waals surface area contributed by atoms with Gasteiger partial charge in [-0.2, -0.15) is 0 Å². The highest BCUT2D eigenvalue weighted by molar-refractivity contribution is 7.99. The molecule has 5 nitrogen and oxygen atoms in total. The van der Waals surface area contributed by atoms with Crippen LogP contribution in [0.2, 0.25) is 0 Å². The predicted octanol–water partition coefficient (Wildman–Crippen LogP) is 4.06. The van der Waals surface area contributed by atoms with Crippen LogP contribution in [-0.4, -0.2) is 39.2 Å². The average Bonchev–Trinajstić information content (AvgIpc) is 3.05. The summed E-state index contributed by atoms with van der Waals surface area (Å²) in [6.07, 6.45) is 8.14. The Labute approximate surface area is 179 Å². The van der Waals surface area contributed by atoms with E-state index in [1.807, 2.05) is 0 Å². The summed E-state index contributed by atoms with van der Waals surface area (Å²) >= 11 is 2.93. The molecule has 0 bridgehead atoms. The van der Waals surface area contributed by atoms with E-state index in [4.69, 9.17) is 4.98 Å². The Hall–Kier alpha value is -2.12. The number of carbonyl (C=O) groups is 1. The molecule has 1 unspecified atom stereocenters. The molecule has 1 aliphatic rings. The monoisotopic (exact) mass is 429 g/mol. The minimum Gasteiger partial charge on any atom is -0.335 e. The first-order chi connectivity index (χ1) is 14.0. The molecule has 1 amide bonds. The van der Waals surface area contributed by atoms with E-state index < -0.39 is 0 Å². The van der Waals surface area contributed by atoms with Crippen LogP contribution in [0, 0.1) is 5.92 Å². The molecule has 0 aliphatic heterocycles. The highest BCUT2D eigenvalue weighted by Gasteiger charge is 2.25. The van der Waals surface area contributed by atoms with E-state index in [0.29, 0.717) is 30.7 Å². The van der Waals surface area contributed by atoms with Crippen molar-refractivity contribution >= 4 is 39.2 Å². The quantitative estimate of drug-likeness (QED) is 0.343. The van der Waals surface area contributed by atoms with Gasteiger partial charge < -0.3 is 4.90 Å². The van der Waals surface area contributed by atoms with Crippen LogP contribution < -0.4 is 5.56 Å². The van der Waals surface area contributed by atoms with Gasteiger partial charge in [0.2, 0.25) is 5.91 Å². The zero-order valence-electron chi connectivity index (χ0n) is 16.9. The van der Waals surface area contributed by atoms with Crippen LogP contribution in [0.15, 0.2) is 47.9 Å². The number of nitrogens with zero attached hydrogens (tertiary/aromatic N) is 3. The van der Waals surface area contributed by atoms with Gasteiger partial charge in [0.05, 0.1) is 11.1 Å². The van der Waals surface area contributed by atoms with Crippen molar-refractivity contribution in [3.63, 3.8) is 0 Å². The second kappa shape index (κ2) is 9.59. The summed E-state index contributed by atoms with van der Waals surface area (Å²) in [5, 5.41) is 1.33. The Balaban J connectivity index is 1.94. The van der Waals surface area contributed by atoms with E-state index in [0.717, 1.165) is 29.5 Å². The lowest BCUT2D eigenvalue weighted by Gasteiger charge is -2.19. The van der Waals surface area contributed by atoms with Crippen molar-refractivity contribution in [1.29, 1.82) is 0 Å². The summed E-state index contributed by atoms with van der Waals surface area (Å²) in [6, 6.07) is 0. The number of aryl methyl sites for hydroxylation is 1. The molecule has 7 heteroatoms. The molecule has 1 atom stereocenters. The van der Waals surface area contributed by atoms with E-state index in [2.05, 4.69) is 26.7 Å². The number of thiophene rings is 1. The molecule has 29 heavy (non-hydrogen) atoms. The summed E-state index contributed by atoms with van der Waals surface area (Å²) in [4.78, 5) is 34.4. The molecule has 154 valence electrons. The number of amides is 1. The van der Waals surface area contributed by atoms with E-state index in [-0.39, 0.29) is 17.2 Å². The van der Waals surface area contributed by atoms with Crippen molar-refractivity contribution in [2.24, 2.45) is 5.92 Å². The smallest absolute Gasteiger partial charge is 0.263 e. The molecule has 0 aromatic carbocycles. The topological polar surface area (TPSA) is 55.2 Å². The Morgan fingerprint density at radius 1 is 1.31 bits per heavy atom. The largest absolute Gasteiger partial charge is 0.335 e. The van der Waals surface area contributed by atoms with Gasteiger partial charge in [-0.25, -0.2) is 4.98 Å². The molecule has 2 aromatic heterocycles. The number of thioether (sulfide) groups is 1. The molecule has 0 N–H and O–H groups in total. The molecule has 0 radical (unpaired) electrons. The Kier molecular flexibility index (Phi) is 7.14. The number of aromatic nitrogens is 2. The number of hydrogen-bond donors (Lipinski definition) is 0. The molecular weight excluding hydrogens is 402 g/mol. The van der Waals surface area contributed by atoms with Crippen molar-refractivity contribution < 1.29 is 4.79 Å². The lowest BCUT2D eigenvalue weighted by molar-refractivity contribution is -0.127. The zero-order valence-corrected chi connectivity index (χ0v) is 18.5. The van der Waals surface area contributed by atoms with Crippen LogP contribution >= 0.6 is 23.1 Å². The molecule has 0 saturated carbocycles. The maximum Gasteiger partial charge on any atom is 0.263 e. The van der Waals surface area contributed by atoms with Gasteiger partial charge in [-0.3, -0.25) is 14.2 Å². The molecule has 0 fully saturated rings. The minimum atomic E-state index is -0.0337. The van der Waals surface area contributed by atoms with Crippen molar-refractivity contribution in [3.8, 4) is 0 Å². The lowest BCUT2D eigenvalue weighted by atomic mass is 9.89. The third-order valence-electron chi connectivity index (χ3n) is 5.07. The predicted molar refractivity (Wildman–Crippen MR) is 123 cm³/mol. The lowest BCUT2D eigenvalue weighted by Crippen LogP contribution is -2.33. The van der Waals surface area contributed by atoms with Gasteiger partial charge in [0.15, 0.2) is 5.16 Å². The van der Waals surface area contributed by atoms with Gasteiger partial charge in [-0.1, -0.05) is 36.9 Å². The average molecular weight is 430 g/mol. The van der Waals surface area contributed by atoms with Gasteiger partial charge in [0.1, 0.15) is 4.83 Å². The molecule has 0 spiro atoms. The van der Waals surface area contributed by atoms with E-state index in [1.54, 1.807) is 39.0 Å². The van der Waals surface area contributed by atoms with Crippen LogP contribution in [0.25, 0.3) is 10.2 Å². The zero-order chi connectivity index (χ0) is 21.0. The third-order valence-corrected chi connectivity index (χ3v) is 7.18. The van der Waals surface area contributed by atoms with Crippen LogP contribution in [0.3, 0.4) is 0 Å². The third kappa shape index (κ3) is 4.56. The van der Waals surface area contributed by atoms with E-state index in [9.17, 15) is 9.59 Å². The van der Waals surface area contributed by atoms with Gasteiger partial charge in [-0.15, -0.1) is 31.1 Å². The first-order valence-electron chi connectivity index (χ1n) is 9.78.